The van der Waals surface area contributed by atoms with Gasteiger partial charge in [0.1, 0.15) is 0 Å². The van der Waals surface area contributed by atoms with E-state index in [0.717, 1.165) is 12.5 Å². The topological polar surface area (TPSA) is 12.0 Å². The Morgan fingerprint density at radius 2 is 2.36 bits per heavy atom. The lowest BCUT2D eigenvalue weighted by Crippen LogP contribution is -2.18. The fourth-order valence-corrected chi connectivity index (χ4v) is 3.46. The van der Waals surface area contributed by atoms with E-state index in [0.29, 0.717) is 0 Å². The van der Waals surface area contributed by atoms with Crippen molar-refractivity contribution in [1.29, 1.82) is 0 Å². The molecule has 2 heteroatoms. The summed E-state index contributed by atoms with van der Waals surface area (Å²) in [5.74, 6) is 0.773. The average Bonchev–Trinajstić information content (AvgIpc) is 2.59. The second-order valence-electron chi connectivity index (χ2n) is 4.16. The summed E-state index contributed by atoms with van der Waals surface area (Å²) in [6.45, 7) is 1.15. The lowest BCUT2D eigenvalue weighted by Gasteiger charge is -2.19. The van der Waals surface area contributed by atoms with E-state index in [1.165, 1.54) is 32.1 Å². The Morgan fingerprint density at radius 3 is 3.21 bits per heavy atom. The summed E-state index contributed by atoms with van der Waals surface area (Å²) in [5.41, 5.74) is 1.62. The lowest BCUT2D eigenvalue weighted by molar-refractivity contribution is 0.523. The van der Waals surface area contributed by atoms with Crippen LogP contribution in [0.4, 0.5) is 0 Å². The number of thiophene rings is 1. The van der Waals surface area contributed by atoms with Gasteiger partial charge in [0.2, 0.25) is 0 Å². The van der Waals surface area contributed by atoms with Crippen LogP contribution in [0.5, 0.6) is 0 Å². The summed E-state index contributed by atoms with van der Waals surface area (Å²) >= 11 is 1.96. The number of aryl methyl sites for hydroxylation is 1. The van der Waals surface area contributed by atoms with Crippen LogP contribution >= 0.6 is 11.3 Å². The molecule has 0 bridgehead atoms. The maximum atomic E-state index is 3.32. The monoisotopic (exact) mass is 209 g/mol. The minimum Gasteiger partial charge on any atom is -0.319 e. The van der Waals surface area contributed by atoms with Gasteiger partial charge in [-0.2, -0.15) is 0 Å². The highest BCUT2D eigenvalue weighted by molar-refractivity contribution is 7.10. The molecule has 0 aromatic carbocycles. The van der Waals surface area contributed by atoms with Crippen LogP contribution in [0.2, 0.25) is 0 Å². The van der Waals surface area contributed by atoms with Crippen molar-refractivity contribution in [3.8, 4) is 0 Å². The minimum atomic E-state index is 0.773. The molecule has 1 nitrogen and oxygen atoms in total. The Kier molecular flexibility index (Phi) is 3.60. The second-order valence-corrected chi connectivity index (χ2v) is 5.11. The predicted molar refractivity (Wildman–Crippen MR) is 63.2 cm³/mol. The smallest absolute Gasteiger partial charge is 0.0121 e. The van der Waals surface area contributed by atoms with E-state index < -0.39 is 0 Å². The molecule has 1 aliphatic carbocycles. The van der Waals surface area contributed by atoms with Crippen LogP contribution in [0.1, 0.15) is 42.0 Å². The summed E-state index contributed by atoms with van der Waals surface area (Å²) in [4.78, 5) is 1.65. The SMILES string of the molecule is CNC[C@@H]1CCCCCc2ccsc21. The fraction of sp³-hybridized carbons (Fsp3) is 0.667. The summed E-state index contributed by atoms with van der Waals surface area (Å²) in [7, 11) is 2.06. The van der Waals surface area contributed by atoms with Crippen molar-refractivity contribution in [3.05, 3.63) is 21.9 Å². The van der Waals surface area contributed by atoms with Crippen LogP contribution in [0.15, 0.2) is 11.4 Å². The van der Waals surface area contributed by atoms with Gasteiger partial charge >= 0.3 is 0 Å². The van der Waals surface area contributed by atoms with Crippen molar-refractivity contribution < 1.29 is 0 Å². The van der Waals surface area contributed by atoms with Crippen molar-refractivity contribution >= 4 is 11.3 Å². The van der Waals surface area contributed by atoms with Gasteiger partial charge in [-0.25, -0.2) is 0 Å². The number of rotatable bonds is 2. The first-order valence-corrected chi connectivity index (χ1v) is 6.50. The highest BCUT2D eigenvalue weighted by Gasteiger charge is 2.17. The molecule has 0 saturated carbocycles. The molecular formula is C12H19NS. The van der Waals surface area contributed by atoms with E-state index in [2.05, 4.69) is 23.8 Å². The van der Waals surface area contributed by atoms with Gasteiger partial charge in [-0.1, -0.05) is 12.8 Å². The predicted octanol–water partition coefficient (Wildman–Crippen LogP) is 3.17. The standard InChI is InChI=1S/C12H19NS/c1-13-9-11-6-4-2-3-5-10-7-8-14-12(10)11/h7-8,11,13H,2-6,9H2,1H3/t11-/m0/s1. The molecule has 0 fully saturated rings. The highest BCUT2D eigenvalue weighted by Crippen LogP contribution is 2.33. The molecule has 78 valence electrons. The first-order valence-electron chi connectivity index (χ1n) is 5.62. The maximum Gasteiger partial charge on any atom is 0.0121 e. The number of hydrogen-bond acceptors (Lipinski definition) is 2. The Hall–Kier alpha value is -0.340. The average molecular weight is 209 g/mol. The molecule has 0 amide bonds. The van der Waals surface area contributed by atoms with Crippen molar-refractivity contribution in [2.45, 2.75) is 38.0 Å². The maximum absolute atomic E-state index is 3.32. The minimum absolute atomic E-state index is 0.773. The van der Waals surface area contributed by atoms with E-state index in [1.54, 1.807) is 10.4 Å². The van der Waals surface area contributed by atoms with Gasteiger partial charge in [-0.3, -0.25) is 0 Å². The quantitative estimate of drug-likeness (QED) is 0.789. The number of fused-ring (bicyclic) bond motifs is 1. The third kappa shape index (κ3) is 2.18. The van der Waals surface area contributed by atoms with E-state index in [1.807, 2.05) is 11.3 Å². The summed E-state index contributed by atoms with van der Waals surface area (Å²) in [5, 5.41) is 5.59. The zero-order chi connectivity index (χ0) is 9.80. The zero-order valence-corrected chi connectivity index (χ0v) is 9.70. The first-order chi connectivity index (χ1) is 6.92. The molecule has 0 saturated heterocycles. The summed E-state index contributed by atoms with van der Waals surface area (Å²) in [6, 6.07) is 2.33. The van der Waals surface area contributed by atoms with E-state index in [4.69, 9.17) is 0 Å². The van der Waals surface area contributed by atoms with Crippen LogP contribution in [0.3, 0.4) is 0 Å². The fourth-order valence-electron chi connectivity index (χ4n) is 2.37. The van der Waals surface area contributed by atoms with E-state index in [-0.39, 0.29) is 0 Å². The molecule has 1 aromatic rings. The molecule has 0 aliphatic heterocycles. The van der Waals surface area contributed by atoms with Gasteiger partial charge in [-0.15, -0.1) is 11.3 Å². The molecule has 1 heterocycles. The van der Waals surface area contributed by atoms with Crippen molar-refractivity contribution in [2.75, 3.05) is 13.6 Å². The number of hydrogen-bond donors (Lipinski definition) is 1. The van der Waals surface area contributed by atoms with Crippen molar-refractivity contribution in [2.24, 2.45) is 0 Å². The van der Waals surface area contributed by atoms with Gasteiger partial charge < -0.3 is 5.32 Å². The van der Waals surface area contributed by atoms with E-state index >= 15 is 0 Å². The van der Waals surface area contributed by atoms with Crippen LogP contribution in [-0.2, 0) is 6.42 Å². The molecule has 0 unspecified atom stereocenters. The molecule has 1 aromatic heterocycles. The third-order valence-corrected chi connectivity index (χ3v) is 4.22. The largest absolute Gasteiger partial charge is 0.319 e. The van der Waals surface area contributed by atoms with Gasteiger partial charge in [-0.05, 0) is 43.3 Å². The Bertz CT molecular complexity index is 280. The molecule has 2 rings (SSSR count). The third-order valence-electron chi connectivity index (χ3n) is 3.10. The second kappa shape index (κ2) is 4.94. The summed E-state index contributed by atoms with van der Waals surface area (Å²) in [6.07, 6.45) is 6.88. The van der Waals surface area contributed by atoms with Crippen LogP contribution in [0.25, 0.3) is 0 Å². The molecule has 0 radical (unpaired) electrons. The summed E-state index contributed by atoms with van der Waals surface area (Å²) < 4.78 is 0. The van der Waals surface area contributed by atoms with Gasteiger partial charge in [0.15, 0.2) is 0 Å². The van der Waals surface area contributed by atoms with Crippen molar-refractivity contribution in [3.63, 3.8) is 0 Å². The molecule has 1 atom stereocenters. The molecule has 1 aliphatic rings. The number of nitrogens with one attached hydrogen (secondary N) is 1. The Balaban J connectivity index is 2.18. The van der Waals surface area contributed by atoms with Crippen molar-refractivity contribution in [1.82, 2.24) is 5.32 Å². The highest BCUT2D eigenvalue weighted by atomic mass is 32.1. The van der Waals surface area contributed by atoms with Crippen LogP contribution in [-0.4, -0.2) is 13.6 Å². The van der Waals surface area contributed by atoms with Crippen LogP contribution < -0.4 is 5.32 Å². The zero-order valence-electron chi connectivity index (χ0n) is 8.88. The van der Waals surface area contributed by atoms with Gasteiger partial charge in [0.05, 0.1) is 0 Å². The Morgan fingerprint density at radius 1 is 1.43 bits per heavy atom. The lowest BCUT2D eigenvalue weighted by atomic mass is 9.91. The molecule has 0 spiro atoms. The number of likely N-dealkylation sites (N-methyl/N-ethyl adjacent to an activating group) is 1. The van der Waals surface area contributed by atoms with Crippen LogP contribution in [0, 0.1) is 0 Å². The van der Waals surface area contributed by atoms with Gasteiger partial charge in [0, 0.05) is 17.3 Å². The molecular weight excluding hydrogens is 190 g/mol. The van der Waals surface area contributed by atoms with Gasteiger partial charge in [0.25, 0.3) is 0 Å². The normalized spacial score (nSPS) is 22.5. The Labute approximate surface area is 90.5 Å². The van der Waals surface area contributed by atoms with E-state index in [9.17, 15) is 0 Å². The first kappa shape index (κ1) is 10.2. The molecule has 14 heavy (non-hydrogen) atoms. The molecule has 1 N–H and O–H groups in total.